The maximum atomic E-state index is 13.0. The molecule has 1 aliphatic heterocycles. The first-order valence-corrected chi connectivity index (χ1v) is 9.91. The van der Waals surface area contributed by atoms with Gasteiger partial charge in [0.15, 0.2) is 5.82 Å². The Morgan fingerprint density at radius 1 is 1.45 bits per heavy atom. The van der Waals surface area contributed by atoms with Crippen LogP contribution < -0.4 is 11.1 Å². The SMILES string of the molecule is C=C/C(=C\C(Cl)=C(/N)N1CC[C@H](O)CC1C(=O)Nc1cc(C(C)(C)C)on1)C(F)(F)F. The summed E-state index contributed by atoms with van der Waals surface area (Å²) in [6, 6.07) is 0.606. The third kappa shape index (κ3) is 6.27. The van der Waals surface area contributed by atoms with Crippen molar-refractivity contribution in [1.29, 1.82) is 0 Å². The predicted molar refractivity (Wildman–Crippen MR) is 111 cm³/mol. The molecule has 11 heteroatoms. The Morgan fingerprint density at radius 3 is 2.61 bits per heavy atom. The zero-order chi connectivity index (χ0) is 23.6. The molecule has 1 aromatic heterocycles. The van der Waals surface area contributed by atoms with Crippen LogP contribution in [0.15, 0.2) is 45.7 Å². The maximum absolute atomic E-state index is 13.0. The minimum atomic E-state index is -4.66. The van der Waals surface area contributed by atoms with Gasteiger partial charge in [0.1, 0.15) is 17.6 Å². The van der Waals surface area contributed by atoms with Crippen molar-refractivity contribution >= 4 is 23.3 Å². The van der Waals surface area contributed by atoms with Gasteiger partial charge in [0.25, 0.3) is 0 Å². The summed E-state index contributed by atoms with van der Waals surface area (Å²) in [5.41, 5.74) is 4.60. The molecule has 2 rings (SSSR count). The highest BCUT2D eigenvalue weighted by Gasteiger charge is 2.36. The van der Waals surface area contributed by atoms with Crippen LogP contribution >= 0.6 is 11.6 Å². The Bertz CT molecular complexity index is 887. The molecule has 1 unspecified atom stereocenters. The van der Waals surface area contributed by atoms with Crippen molar-refractivity contribution < 1.29 is 27.6 Å². The molecule has 0 radical (unpaired) electrons. The molecule has 1 aliphatic rings. The maximum Gasteiger partial charge on any atom is 0.416 e. The van der Waals surface area contributed by atoms with E-state index in [1.165, 1.54) is 4.90 Å². The molecular formula is C20H26ClF3N4O3. The van der Waals surface area contributed by atoms with Crippen LogP contribution in [0.2, 0.25) is 0 Å². The number of carbonyl (C=O) groups excluding carboxylic acids is 1. The summed E-state index contributed by atoms with van der Waals surface area (Å²) in [4.78, 5) is 14.2. The summed E-state index contributed by atoms with van der Waals surface area (Å²) in [6.07, 6.45) is -3.89. The van der Waals surface area contributed by atoms with Gasteiger partial charge in [0.2, 0.25) is 5.91 Å². The van der Waals surface area contributed by atoms with Gasteiger partial charge in [-0.3, -0.25) is 4.79 Å². The number of hydrogen-bond donors (Lipinski definition) is 3. The number of anilines is 1. The second kappa shape index (κ2) is 9.35. The van der Waals surface area contributed by atoms with Gasteiger partial charge in [-0.15, -0.1) is 0 Å². The summed E-state index contributed by atoms with van der Waals surface area (Å²) >= 11 is 6.03. The number of allylic oxidation sites excluding steroid dienone is 4. The number of piperidine rings is 1. The largest absolute Gasteiger partial charge is 0.416 e. The number of nitrogens with two attached hydrogens (primary N) is 1. The fourth-order valence-electron chi connectivity index (χ4n) is 2.98. The molecule has 1 aromatic rings. The van der Waals surface area contributed by atoms with Crippen LogP contribution in [0.5, 0.6) is 0 Å². The first kappa shape index (κ1) is 24.8. The highest BCUT2D eigenvalue weighted by molar-refractivity contribution is 6.31. The molecule has 0 aliphatic carbocycles. The lowest BCUT2D eigenvalue weighted by atomic mass is 9.93. The normalized spacial score (nSPS) is 21.5. The number of hydrogen-bond acceptors (Lipinski definition) is 6. The van der Waals surface area contributed by atoms with Gasteiger partial charge in [0, 0.05) is 24.4 Å². The van der Waals surface area contributed by atoms with Crippen molar-refractivity contribution in [3.8, 4) is 0 Å². The number of likely N-dealkylation sites (tertiary alicyclic amines) is 1. The van der Waals surface area contributed by atoms with Crippen molar-refractivity contribution in [2.75, 3.05) is 11.9 Å². The summed E-state index contributed by atoms with van der Waals surface area (Å²) in [7, 11) is 0. The number of nitrogens with zero attached hydrogens (tertiary/aromatic N) is 2. The van der Waals surface area contributed by atoms with E-state index in [1.54, 1.807) is 6.07 Å². The van der Waals surface area contributed by atoms with Crippen LogP contribution in [0.25, 0.3) is 0 Å². The number of aromatic nitrogens is 1. The van der Waals surface area contributed by atoms with Gasteiger partial charge in [-0.05, 0) is 12.5 Å². The smallest absolute Gasteiger partial charge is 0.393 e. The average molecular weight is 463 g/mol. The number of halogens is 4. The van der Waals surface area contributed by atoms with Gasteiger partial charge in [-0.25, -0.2) is 0 Å². The van der Waals surface area contributed by atoms with E-state index in [9.17, 15) is 23.1 Å². The first-order chi connectivity index (χ1) is 14.2. The van der Waals surface area contributed by atoms with E-state index in [4.69, 9.17) is 21.9 Å². The molecule has 1 saturated heterocycles. The molecule has 7 nitrogen and oxygen atoms in total. The Morgan fingerprint density at radius 2 is 2.10 bits per heavy atom. The number of aliphatic hydroxyl groups excluding tert-OH is 1. The van der Waals surface area contributed by atoms with Crippen molar-refractivity contribution in [2.45, 2.75) is 57.3 Å². The summed E-state index contributed by atoms with van der Waals surface area (Å²) in [5, 5.41) is 16.0. The monoisotopic (exact) mass is 462 g/mol. The van der Waals surface area contributed by atoms with E-state index < -0.39 is 34.8 Å². The number of rotatable bonds is 5. The molecule has 0 aromatic carbocycles. The number of nitrogens with one attached hydrogen (secondary N) is 1. The standard InChI is InChI=1S/C20H26ClF3N4O3/c1-5-11(20(22,23)24)8-13(21)17(25)28-7-6-12(29)9-14(28)18(30)26-16-10-15(31-27-16)19(2,3)4/h5,8,10,12,14,29H,1,6-7,9,25H2,2-4H3,(H,26,27,30)/b11-8+,17-13-/t12-,14?/m0/s1. The van der Waals surface area contributed by atoms with Crippen LogP contribution in [-0.4, -0.2) is 45.9 Å². The van der Waals surface area contributed by atoms with E-state index in [-0.39, 0.29) is 36.4 Å². The van der Waals surface area contributed by atoms with Gasteiger partial charge in [-0.2, -0.15) is 13.2 Å². The Labute approximate surface area is 183 Å². The third-order valence-electron chi connectivity index (χ3n) is 4.76. The van der Waals surface area contributed by atoms with Gasteiger partial charge in [-0.1, -0.05) is 50.2 Å². The average Bonchev–Trinajstić information content (AvgIpc) is 3.13. The van der Waals surface area contributed by atoms with Crippen LogP contribution in [0, 0.1) is 0 Å². The van der Waals surface area contributed by atoms with Crippen LogP contribution in [0.4, 0.5) is 19.0 Å². The van der Waals surface area contributed by atoms with E-state index >= 15 is 0 Å². The molecule has 2 atom stereocenters. The van der Waals surface area contributed by atoms with Crippen LogP contribution in [-0.2, 0) is 10.2 Å². The van der Waals surface area contributed by atoms with Crippen LogP contribution in [0.1, 0.15) is 39.4 Å². The highest BCUT2D eigenvalue weighted by Crippen LogP contribution is 2.30. The van der Waals surface area contributed by atoms with E-state index in [2.05, 4.69) is 17.1 Å². The van der Waals surface area contributed by atoms with E-state index in [0.29, 0.717) is 17.9 Å². The van der Waals surface area contributed by atoms with Crippen molar-refractivity contribution in [2.24, 2.45) is 5.73 Å². The summed E-state index contributed by atoms with van der Waals surface area (Å²) in [5.74, 6) is -0.0361. The number of aliphatic hydroxyl groups is 1. The van der Waals surface area contributed by atoms with Gasteiger partial charge in [0.05, 0.1) is 16.7 Å². The highest BCUT2D eigenvalue weighted by atomic mass is 35.5. The third-order valence-corrected chi connectivity index (χ3v) is 5.06. The topological polar surface area (TPSA) is 105 Å². The Kier molecular flexibility index (Phi) is 7.48. The lowest BCUT2D eigenvalue weighted by molar-refractivity contribution is -0.123. The second-order valence-electron chi connectivity index (χ2n) is 8.24. The molecule has 2 heterocycles. The molecule has 0 saturated carbocycles. The fourth-order valence-corrected chi connectivity index (χ4v) is 3.21. The quantitative estimate of drug-likeness (QED) is 0.575. The van der Waals surface area contributed by atoms with Crippen molar-refractivity contribution in [3.05, 3.63) is 47.0 Å². The second-order valence-corrected chi connectivity index (χ2v) is 8.64. The molecule has 1 amide bonds. The molecule has 0 spiro atoms. The minimum Gasteiger partial charge on any atom is -0.393 e. The summed E-state index contributed by atoms with van der Waals surface area (Å²) < 4.78 is 44.2. The lowest BCUT2D eigenvalue weighted by Gasteiger charge is -2.38. The van der Waals surface area contributed by atoms with E-state index in [1.807, 2.05) is 20.8 Å². The number of amides is 1. The zero-order valence-electron chi connectivity index (χ0n) is 17.5. The Hall–Kier alpha value is -2.46. The molecule has 172 valence electrons. The lowest BCUT2D eigenvalue weighted by Crippen LogP contribution is -2.51. The molecule has 4 N–H and O–H groups in total. The molecule has 0 bridgehead atoms. The fraction of sp³-hybridized carbons (Fsp3) is 0.500. The number of carbonyl (C=O) groups is 1. The Balaban J connectivity index is 2.29. The predicted octanol–water partition coefficient (Wildman–Crippen LogP) is 3.78. The van der Waals surface area contributed by atoms with Gasteiger partial charge >= 0.3 is 6.18 Å². The van der Waals surface area contributed by atoms with E-state index in [0.717, 1.165) is 0 Å². The molecule has 1 fully saturated rings. The van der Waals surface area contributed by atoms with Gasteiger partial charge < -0.3 is 25.6 Å². The number of alkyl halides is 3. The molecule has 31 heavy (non-hydrogen) atoms. The summed E-state index contributed by atoms with van der Waals surface area (Å²) in [6.45, 7) is 9.00. The first-order valence-electron chi connectivity index (χ1n) is 9.53. The van der Waals surface area contributed by atoms with Crippen LogP contribution in [0.3, 0.4) is 0 Å². The zero-order valence-corrected chi connectivity index (χ0v) is 18.2. The van der Waals surface area contributed by atoms with Crippen molar-refractivity contribution in [3.63, 3.8) is 0 Å². The minimum absolute atomic E-state index is 0.0119. The van der Waals surface area contributed by atoms with Crippen molar-refractivity contribution in [1.82, 2.24) is 10.1 Å². The molecular weight excluding hydrogens is 437 g/mol.